The Morgan fingerprint density at radius 2 is 1.90 bits per heavy atom. The molecule has 216 valence electrons. The molecule has 0 aromatic heterocycles. The first-order chi connectivity index (χ1) is 19.3. The fourth-order valence-electron chi connectivity index (χ4n) is 7.58. The highest BCUT2D eigenvalue weighted by atomic mass is 16.5. The summed E-state index contributed by atoms with van der Waals surface area (Å²) in [5, 5.41) is 6.34. The Bertz CT molecular complexity index is 1180. The second kappa shape index (κ2) is 10.9. The van der Waals surface area contributed by atoms with Crippen LogP contribution in [0, 0.1) is 30.6 Å². The SMILES string of the molecule is Cc1cccc(NC(=O)[C@H]2[C@H]3C=C[C@@]4(O3)[C@H]2C(=O)N(CCN2CCOCC2)[C@@H]4C(=O)N[C@@H]2CCC[C@H](C)[C@@H]2C)c1. The molecule has 1 aromatic carbocycles. The monoisotopic (exact) mass is 550 g/mol. The first-order valence-corrected chi connectivity index (χ1v) is 14.9. The first kappa shape index (κ1) is 27.4. The largest absolute Gasteiger partial charge is 0.379 e. The molecule has 1 saturated carbocycles. The van der Waals surface area contributed by atoms with Gasteiger partial charge >= 0.3 is 0 Å². The zero-order chi connectivity index (χ0) is 28.0. The van der Waals surface area contributed by atoms with Crippen LogP contribution in [0.4, 0.5) is 5.69 Å². The van der Waals surface area contributed by atoms with Gasteiger partial charge in [0.2, 0.25) is 17.7 Å². The number of nitrogens with one attached hydrogen (secondary N) is 2. The number of likely N-dealkylation sites (tertiary alicyclic amines) is 1. The van der Waals surface area contributed by atoms with Crippen LogP contribution in [-0.2, 0) is 23.9 Å². The number of nitrogens with zero attached hydrogens (tertiary/aromatic N) is 2. The predicted molar refractivity (Wildman–Crippen MR) is 150 cm³/mol. The van der Waals surface area contributed by atoms with Crippen LogP contribution in [0.5, 0.6) is 0 Å². The highest BCUT2D eigenvalue weighted by Gasteiger charge is 2.72. The number of hydrogen-bond acceptors (Lipinski definition) is 6. The van der Waals surface area contributed by atoms with Crippen molar-refractivity contribution >= 4 is 23.4 Å². The Kier molecular flexibility index (Phi) is 7.48. The lowest BCUT2D eigenvalue weighted by Gasteiger charge is -2.38. The molecule has 8 atom stereocenters. The van der Waals surface area contributed by atoms with E-state index >= 15 is 0 Å². The van der Waals surface area contributed by atoms with E-state index in [0.29, 0.717) is 43.8 Å². The van der Waals surface area contributed by atoms with Crippen molar-refractivity contribution in [2.24, 2.45) is 23.7 Å². The summed E-state index contributed by atoms with van der Waals surface area (Å²) in [6, 6.07) is 6.87. The molecule has 0 radical (unpaired) electrons. The lowest BCUT2D eigenvalue weighted by atomic mass is 9.73. The molecule has 4 aliphatic heterocycles. The van der Waals surface area contributed by atoms with Crippen LogP contribution in [0.3, 0.4) is 0 Å². The van der Waals surface area contributed by atoms with Crippen LogP contribution in [0.15, 0.2) is 36.4 Å². The molecule has 9 nitrogen and oxygen atoms in total. The van der Waals surface area contributed by atoms with Gasteiger partial charge in [-0.1, -0.05) is 51.0 Å². The van der Waals surface area contributed by atoms with E-state index in [4.69, 9.17) is 9.47 Å². The van der Waals surface area contributed by atoms with Crippen molar-refractivity contribution in [3.05, 3.63) is 42.0 Å². The van der Waals surface area contributed by atoms with Crippen LogP contribution < -0.4 is 10.6 Å². The van der Waals surface area contributed by atoms with E-state index in [-0.39, 0.29) is 23.8 Å². The Balaban J connectivity index is 1.27. The van der Waals surface area contributed by atoms with Crippen molar-refractivity contribution < 1.29 is 23.9 Å². The minimum absolute atomic E-state index is 0.0610. The van der Waals surface area contributed by atoms with Gasteiger partial charge in [0.25, 0.3) is 0 Å². The van der Waals surface area contributed by atoms with Crippen molar-refractivity contribution in [1.29, 1.82) is 0 Å². The van der Waals surface area contributed by atoms with Gasteiger partial charge in [0.05, 0.1) is 31.2 Å². The lowest BCUT2D eigenvalue weighted by Crippen LogP contribution is -2.58. The summed E-state index contributed by atoms with van der Waals surface area (Å²) in [6.07, 6.45) is 6.41. The zero-order valence-corrected chi connectivity index (χ0v) is 23.8. The Morgan fingerprint density at radius 1 is 1.10 bits per heavy atom. The van der Waals surface area contributed by atoms with E-state index in [9.17, 15) is 14.4 Å². The molecule has 6 rings (SSSR count). The minimum Gasteiger partial charge on any atom is -0.379 e. The van der Waals surface area contributed by atoms with Gasteiger partial charge in [-0.05, 0) is 42.9 Å². The van der Waals surface area contributed by atoms with Gasteiger partial charge in [-0.15, -0.1) is 0 Å². The van der Waals surface area contributed by atoms with Crippen molar-refractivity contribution in [2.75, 3.05) is 44.7 Å². The van der Waals surface area contributed by atoms with E-state index in [1.165, 1.54) is 6.42 Å². The normalized spacial score (nSPS) is 37.0. The van der Waals surface area contributed by atoms with Gasteiger partial charge in [0.1, 0.15) is 11.6 Å². The molecule has 2 N–H and O–H groups in total. The molecule has 0 unspecified atom stereocenters. The summed E-state index contributed by atoms with van der Waals surface area (Å²) in [7, 11) is 0. The van der Waals surface area contributed by atoms with Gasteiger partial charge in [-0.3, -0.25) is 19.3 Å². The maximum absolute atomic E-state index is 14.2. The van der Waals surface area contributed by atoms with E-state index in [0.717, 1.165) is 31.5 Å². The summed E-state index contributed by atoms with van der Waals surface area (Å²) in [5.41, 5.74) is 0.581. The van der Waals surface area contributed by atoms with E-state index in [2.05, 4.69) is 29.4 Å². The number of amides is 3. The van der Waals surface area contributed by atoms with Crippen molar-refractivity contribution in [3.63, 3.8) is 0 Å². The number of rotatable bonds is 7. The summed E-state index contributed by atoms with van der Waals surface area (Å²) in [4.78, 5) is 46.0. The van der Waals surface area contributed by atoms with Gasteiger partial charge in [0.15, 0.2) is 0 Å². The number of aryl methyl sites for hydroxylation is 1. The third kappa shape index (κ3) is 4.76. The van der Waals surface area contributed by atoms with Crippen molar-refractivity contribution in [2.45, 2.75) is 63.8 Å². The van der Waals surface area contributed by atoms with Crippen molar-refractivity contribution in [1.82, 2.24) is 15.1 Å². The van der Waals surface area contributed by atoms with Crippen LogP contribution in [-0.4, -0.2) is 90.7 Å². The highest BCUT2D eigenvalue weighted by molar-refractivity contribution is 6.02. The third-order valence-corrected chi connectivity index (χ3v) is 10.0. The van der Waals surface area contributed by atoms with Gasteiger partial charge in [-0.2, -0.15) is 0 Å². The van der Waals surface area contributed by atoms with Gasteiger partial charge < -0.3 is 25.0 Å². The summed E-state index contributed by atoms with van der Waals surface area (Å²) < 4.78 is 12.0. The number of anilines is 1. The molecule has 1 spiro atoms. The number of carbonyl (C=O) groups excluding carboxylic acids is 3. The van der Waals surface area contributed by atoms with Crippen LogP contribution >= 0.6 is 0 Å². The van der Waals surface area contributed by atoms with Gasteiger partial charge in [0, 0.05) is 37.9 Å². The molecule has 1 aromatic rings. The standard InChI is InChI=1S/C31H42N4O5/c1-19-6-4-8-22(18-19)32-28(36)25-24-10-11-31(40-24)26(25)30(38)35(13-12-34-14-16-39-17-15-34)27(31)29(37)33-23-9-5-7-20(2)21(23)3/h4,6,8,10-11,18,20-21,23-27H,5,7,9,12-17H2,1-3H3,(H,32,36)(H,33,37)/t20-,21-,23+,24+,25-,26+,27+,31+/m0/s1. The maximum atomic E-state index is 14.2. The molecule has 40 heavy (non-hydrogen) atoms. The van der Waals surface area contributed by atoms with Crippen LogP contribution in [0.1, 0.15) is 38.7 Å². The van der Waals surface area contributed by atoms with Crippen LogP contribution in [0.2, 0.25) is 0 Å². The lowest BCUT2D eigenvalue weighted by molar-refractivity contribution is -0.142. The number of ether oxygens (including phenoxy) is 2. The number of benzene rings is 1. The molecule has 4 fully saturated rings. The second-order valence-electron chi connectivity index (χ2n) is 12.4. The molecule has 9 heteroatoms. The zero-order valence-electron chi connectivity index (χ0n) is 23.8. The molecule has 4 heterocycles. The molecule has 3 saturated heterocycles. The molecule has 3 amide bonds. The Morgan fingerprint density at radius 3 is 2.67 bits per heavy atom. The van der Waals surface area contributed by atoms with E-state index < -0.39 is 29.6 Å². The highest BCUT2D eigenvalue weighted by Crippen LogP contribution is 2.55. The number of hydrogen-bond donors (Lipinski definition) is 2. The third-order valence-electron chi connectivity index (χ3n) is 10.0. The summed E-state index contributed by atoms with van der Waals surface area (Å²) >= 11 is 0. The predicted octanol–water partition coefficient (Wildman–Crippen LogP) is 2.36. The van der Waals surface area contributed by atoms with Crippen LogP contribution in [0.25, 0.3) is 0 Å². The molecule has 1 aliphatic carbocycles. The van der Waals surface area contributed by atoms with Gasteiger partial charge in [-0.25, -0.2) is 0 Å². The average molecular weight is 551 g/mol. The number of carbonyl (C=O) groups is 3. The fraction of sp³-hybridized carbons (Fsp3) is 0.645. The van der Waals surface area contributed by atoms with E-state index in [1.54, 1.807) is 4.90 Å². The topological polar surface area (TPSA) is 100 Å². The number of morpholine rings is 1. The van der Waals surface area contributed by atoms with E-state index in [1.807, 2.05) is 43.3 Å². The fourth-order valence-corrected chi connectivity index (χ4v) is 7.58. The molecule has 5 aliphatic rings. The molecular formula is C31H42N4O5. The second-order valence-corrected chi connectivity index (χ2v) is 12.4. The quantitative estimate of drug-likeness (QED) is 0.506. The molecular weight excluding hydrogens is 508 g/mol. The summed E-state index contributed by atoms with van der Waals surface area (Å²) in [6.45, 7) is 10.4. The average Bonchev–Trinajstić information content (AvgIpc) is 3.58. The maximum Gasteiger partial charge on any atom is 0.246 e. The Labute approximate surface area is 236 Å². The number of fused-ring (bicyclic) bond motifs is 1. The smallest absolute Gasteiger partial charge is 0.246 e. The van der Waals surface area contributed by atoms with Crippen molar-refractivity contribution in [3.8, 4) is 0 Å². The minimum atomic E-state index is -1.14. The Hall–Kier alpha value is -2.75. The first-order valence-electron chi connectivity index (χ1n) is 14.9. The summed E-state index contributed by atoms with van der Waals surface area (Å²) in [5.74, 6) is -1.15. The molecule has 2 bridgehead atoms.